The van der Waals surface area contributed by atoms with E-state index < -0.39 is 6.10 Å². The number of hydrogen-bond donors (Lipinski definition) is 2. The van der Waals surface area contributed by atoms with Gasteiger partial charge < -0.3 is 19.9 Å². The van der Waals surface area contributed by atoms with Crippen molar-refractivity contribution in [1.29, 1.82) is 0 Å². The molecule has 1 fully saturated rings. The van der Waals surface area contributed by atoms with Crippen LogP contribution in [0.4, 0.5) is 0 Å². The Kier molecular flexibility index (Phi) is 5.11. The standard InChI is InChI=1S/C17H25N5O2/c1-12-3-5-22(6-4-12)10-14(23)9-19-17(24)13-7-15-16(18-8-13)21(2)11-20-15/h7-8,11-12,14,23H,3-6,9-10H2,1-2H3,(H,19,24). The van der Waals surface area contributed by atoms with E-state index in [1.54, 1.807) is 17.0 Å². The number of aliphatic hydroxyl groups is 1. The lowest BCUT2D eigenvalue weighted by molar-refractivity contribution is 0.0795. The summed E-state index contributed by atoms with van der Waals surface area (Å²) in [6.45, 7) is 5.15. The maximum absolute atomic E-state index is 12.2. The molecule has 1 unspecified atom stereocenters. The number of carbonyl (C=O) groups is 1. The lowest BCUT2D eigenvalue weighted by atomic mass is 9.99. The molecule has 7 heteroatoms. The summed E-state index contributed by atoms with van der Waals surface area (Å²) in [5.41, 5.74) is 1.89. The van der Waals surface area contributed by atoms with Crippen LogP contribution in [0.25, 0.3) is 11.2 Å². The predicted molar refractivity (Wildman–Crippen MR) is 91.7 cm³/mol. The maximum Gasteiger partial charge on any atom is 0.253 e. The molecule has 3 heterocycles. The van der Waals surface area contributed by atoms with Crippen LogP contribution in [0, 0.1) is 5.92 Å². The molecule has 24 heavy (non-hydrogen) atoms. The van der Waals surface area contributed by atoms with Gasteiger partial charge in [-0.3, -0.25) is 4.79 Å². The molecule has 0 saturated carbocycles. The number of likely N-dealkylation sites (tertiary alicyclic amines) is 1. The highest BCUT2D eigenvalue weighted by Crippen LogP contribution is 2.16. The first-order valence-electron chi connectivity index (χ1n) is 8.48. The fourth-order valence-electron chi connectivity index (χ4n) is 3.06. The zero-order valence-electron chi connectivity index (χ0n) is 14.3. The maximum atomic E-state index is 12.2. The van der Waals surface area contributed by atoms with Crippen LogP contribution in [0.5, 0.6) is 0 Å². The van der Waals surface area contributed by atoms with E-state index in [9.17, 15) is 9.90 Å². The number of aryl methyl sites for hydroxylation is 1. The second-order valence-corrected chi connectivity index (χ2v) is 6.77. The van der Waals surface area contributed by atoms with Crippen molar-refractivity contribution in [3.8, 4) is 0 Å². The van der Waals surface area contributed by atoms with E-state index in [0.29, 0.717) is 17.6 Å². The van der Waals surface area contributed by atoms with Crippen LogP contribution in [0.15, 0.2) is 18.6 Å². The highest BCUT2D eigenvalue weighted by molar-refractivity contribution is 5.96. The summed E-state index contributed by atoms with van der Waals surface area (Å²) in [5.74, 6) is 0.536. The summed E-state index contributed by atoms with van der Waals surface area (Å²) in [5, 5.41) is 12.9. The average molecular weight is 331 g/mol. The van der Waals surface area contributed by atoms with E-state index in [0.717, 1.165) is 24.7 Å². The monoisotopic (exact) mass is 331 g/mol. The molecule has 0 aliphatic carbocycles. The lowest BCUT2D eigenvalue weighted by Gasteiger charge is -2.31. The second kappa shape index (κ2) is 7.27. The Hall–Kier alpha value is -1.99. The molecule has 1 amide bonds. The molecule has 0 aromatic carbocycles. The second-order valence-electron chi connectivity index (χ2n) is 6.77. The number of pyridine rings is 1. The number of fused-ring (bicyclic) bond motifs is 1. The third-order valence-corrected chi connectivity index (χ3v) is 4.66. The molecule has 2 aromatic heterocycles. The lowest BCUT2D eigenvalue weighted by Crippen LogP contribution is -2.43. The fraction of sp³-hybridized carbons (Fsp3) is 0.588. The van der Waals surface area contributed by atoms with Crippen molar-refractivity contribution in [3.63, 3.8) is 0 Å². The summed E-state index contributed by atoms with van der Waals surface area (Å²) in [4.78, 5) is 22.9. The molecule has 0 radical (unpaired) electrons. The number of aliphatic hydroxyl groups excluding tert-OH is 1. The molecule has 2 aromatic rings. The third kappa shape index (κ3) is 3.91. The third-order valence-electron chi connectivity index (χ3n) is 4.66. The van der Waals surface area contributed by atoms with Gasteiger partial charge in [0.25, 0.3) is 5.91 Å². The molecule has 2 N–H and O–H groups in total. The molecule has 1 aliphatic heterocycles. The van der Waals surface area contributed by atoms with Crippen LogP contribution in [-0.4, -0.2) is 62.7 Å². The van der Waals surface area contributed by atoms with Crippen molar-refractivity contribution >= 4 is 17.1 Å². The van der Waals surface area contributed by atoms with Gasteiger partial charge >= 0.3 is 0 Å². The summed E-state index contributed by atoms with van der Waals surface area (Å²) < 4.78 is 1.81. The Morgan fingerprint density at radius 2 is 2.17 bits per heavy atom. The molecule has 1 saturated heterocycles. The van der Waals surface area contributed by atoms with Crippen LogP contribution < -0.4 is 5.32 Å². The Bertz CT molecular complexity index is 706. The largest absolute Gasteiger partial charge is 0.390 e. The number of rotatable bonds is 5. The highest BCUT2D eigenvalue weighted by atomic mass is 16.3. The quantitative estimate of drug-likeness (QED) is 0.846. The number of β-amino-alcohol motifs (C(OH)–C–C–N with tert-alkyl or cyclic N) is 1. The van der Waals surface area contributed by atoms with Gasteiger partial charge in [0.15, 0.2) is 5.65 Å². The van der Waals surface area contributed by atoms with Crippen LogP contribution in [-0.2, 0) is 7.05 Å². The first-order chi connectivity index (χ1) is 11.5. The number of nitrogens with zero attached hydrogens (tertiary/aromatic N) is 4. The van der Waals surface area contributed by atoms with E-state index in [1.165, 1.54) is 19.0 Å². The fourth-order valence-corrected chi connectivity index (χ4v) is 3.06. The number of aromatic nitrogens is 3. The molecule has 130 valence electrons. The van der Waals surface area contributed by atoms with Crippen LogP contribution >= 0.6 is 0 Å². The molecule has 0 bridgehead atoms. The van der Waals surface area contributed by atoms with Gasteiger partial charge in [0.05, 0.1) is 18.0 Å². The Balaban J connectivity index is 1.50. The first kappa shape index (κ1) is 16.9. The number of amides is 1. The van der Waals surface area contributed by atoms with E-state index in [1.807, 2.05) is 7.05 Å². The molecule has 0 spiro atoms. The van der Waals surface area contributed by atoms with Crippen LogP contribution in [0.1, 0.15) is 30.1 Å². The molecular formula is C17H25N5O2. The van der Waals surface area contributed by atoms with Crippen molar-refractivity contribution in [3.05, 3.63) is 24.2 Å². The number of imidazole rings is 1. The number of piperidine rings is 1. The van der Waals surface area contributed by atoms with E-state index in [-0.39, 0.29) is 12.5 Å². The minimum atomic E-state index is -0.561. The van der Waals surface area contributed by atoms with Gasteiger partial charge in [-0.15, -0.1) is 0 Å². The summed E-state index contributed by atoms with van der Waals surface area (Å²) in [7, 11) is 1.86. The highest BCUT2D eigenvalue weighted by Gasteiger charge is 2.19. The van der Waals surface area contributed by atoms with Gasteiger partial charge in [0.2, 0.25) is 0 Å². The zero-order valence-corrected chi connectivity index (χ0v) is 14.3. The molecule has 1 atom stereocenters. The summed E-state index contributed by atoms with van der Waals surface area (Å²) >= 11 is 0. The molecule has 1 aliphatic rings. The molecule has 3 rings (SSSR count). The van der Waals surface area contributed by atoms with Gasteiger partial charge in [-0.1, -0.05) is 6.92 Å². The van der Waals surface area contributed by atoms with Crippen molar-refractivity contribution in [2.45, 2.75) is 25.9 Å². The summed E-state index contributed by atoms with van der Waals surface area (Å²) in [6.07, 6.45) is 5.00. The molecular weight excluding hydrogens is 306 g/mol. The van der Waals surface area contributed by atoms with Crippen molar-refractivity contribution in [2.24, 2.45) is 13.0 Å². The van der Waals surface area contributed by atoms with E-state index in [4.69, 9.17) is 0 Å². The topological polar surface area (TPSA) is 83.3 Å². The normalized spacial score (nSPS) is 18.0. The zero-order chi connectivity index (χ0) is 17.1. The SMILES string of the molecule is CC1CCN(CC(O)CNC(=O)c2cnc3c(c2)ncn3C)CC1. The van der Waals surface area contributed by atoms with Gasteiger partial charge in [-0.05, 0) is 37.9 Å². The van der Waals surface area contributed by atoms with Gasteiger partial charge in [-0.25, -0.2) is 9.97 Å². The van der Waals surface area contributed by atoms with Gasteiger partial charge in [0.1, 0.15) is 5.52 Å². The Morgan fingerprint density at radius 1 is 1.42 bits per heavy atom. The van der Waals surface area contributed by atoms with Gasteiger partial charge in [0, 0.05) is 26.3 Å². The van der Waals surface area contributed by atoms with Gasteiger partial charge in [-0.2, -0.15) is 0 Å². The number of hydrogen-bond acceptors (Lipinski definition) is 5. The van der Waals surface area contributed by atoms with E-state index in [2.05, 4.69) is 27.1 Å². The predicted octanol–water partition coefficient (Wildman–Crippen LogP) is 0.791. The van der Waals surface area contributed by atoms with Crippen LogP contribution in [0.2, 0.25) is 0 Å². The average Bonchev–Trinajstić information content (AvgIpc) is 2.95. The minimum Gasteiger partial charge on any atom is -0.390 e. The Morgan fingerprint density at radius 3 is 2.92 bits per heavy atom. The summed E-state index contributed by atoms with van der Waals surface area (Å²) in [6, 6.07) is 1.72. The van der Waals surface area contributed by atoms with Crippen molar-refractivity contribution in [1.82, 2.24) is 24.8 Å². The van der Waals surface area contributed by atoms with Crippen molar-refractivity contribution < 1.29 is 9.90 Å². The number of carbonyl (C=O) groups excluding carboxylic acids is 1. The molecule has 7 nitrogen and oxygen atoms in total. The van der Waals surface area contributed by atoms with E-state index >= 15 is 0 Å². The van der Waals surface area contributed by atoms with Crippen LogP contribution in [0.3, 0.4) is 0 Å². The number of nitrogens with one attached hydrogen (secondary N) is 1. The van der Waals surface area contributed by atoms with Crippen molar-refractivity contribution in [2.75, 3.05) is 26.2 Å². The smallest absolute Gasteiger partial charge is 0.253 e. The minimum absolute atomic E-state index is 0.235. The Labute approximate surface area is 141 Å². The first-order valence-corrected chi connectivity index (χ1v) is 8.48.